The van der Waals surface area contributed by atoms with Gasteiger partial charge in [-0.1, -0.05) is 42.5 Å². The maximum Gasteiger partial charge on any atom is 0.0662 e. The largest absolute Gasteiger partial charge is 0.253 e. The number of para-hydroxylation sites is 1. The minimum absolute atomic E-state index is 1.05. The van der Waals surface area contributed by atoms with Crippen molar-refractivity contribution in [3.63, 3.8) is 0 Å². The number of aliphatic imine (C=N–C) groups is 1. The Balaban J connectivity index is 2.42. The highest BCUT2D eigenvalue weighted by molar-refractivity contribution is 6.01. The lowest BCUT2D eigenvalue weighted by molar-refractivity contribution is 1.37. The maximum absolute atomic E-state index is 4.71. The van der Waals surface area contributed by atoms with Gasteiger partial charge in [-0.05, 0) is 43.5 Å². The predicted molar refractivity (Wildman–Crippen MR) is 74.2 cm³/mol. The van der Waals surface area contributed by atoms with E-state index in [4.69, 9.17) is 4.99 Å². The molecule has 0 saturated heterocycles. The minimum atomic E-state index is 1.05. The lowest BCUT2D eigenvalue weighted by Crippen LogP contribution is -1.97. The number of aryl methyl sites for hydroxylation is 2. The van der Waals surface area contributed by atoms with Gasteiger partial charge in [0.2, 0.25) is 0 Å². The minimum Gasteiger partial charge on any atom is -0.253 e. The second-order valence-electron chi connectivity index (χ2n) is 4.30. The Morgan fingerprint density at radius 1 is 0.824 bits per heavy atom. The fraction of sp³-hybridized carbons (Fsp3) is 0.188. The summed E-state index contributed by atoms with van der Waals surface area (Å²) in [7, 11) is 0. The van der Waals surface area contributed by atoms with Crippen LogP contribution < -0.4 is 0 Å². The Labute approximate surface area is 103 Å². The van der Waals surface area contributed by atoms with E-state index in [0.717, 1.165) is 11.4 Å². The Hall–Kier alpha value is -1.89. The van der Waals surface area contributed by atoms with Crippen molar-refractivity contribution in [1.82, 2.24) is 0 Å². The molecular weight excluding hydrogens is 206 g/mol. The summed E-state index contributed by atoms with van der Waals surface area (Å²) >= 11 is 0. The Morgan fingerprint density at radius 3 is 2.06 bits per heavy atom. The standard InChI is InChI=1S/C16H17N/c1-12-8-4-6-10-15(12)14(3)17-16-11-7-5-9-13(16)2/h4-11H,1-3H3/b17-14+. The van der Waals surface area contributed by atoms with Crippen LogP contribution in [0.4, 0.5) is 5.69 Å². The number of nitrogens with zero attached hydrogens (tertiary/aromatic N) is 1. The van der Waals surface area contributed by atoms with Gasteiger partial charge in [-0.25, -0.2) is 0 Å². The molecular formula is C16H17N. The molecule has 0 aliphatic heterocycles. The maximum atomic E-state index is 4.71. The SMILES string of the molecule is C/C(=N\c1ccccc1C)c1ccccc1C. The third kappa shape index (κ3) is 2.62. The van der Waals surface area contributed by atoms with E-state index < -0.39 is 0 Å². The zero-order valence-corrected chi connectivity index (χ0v) is 10.6. The smallest absolute Gasteiger partial charge is 0.0662 e. The first-order valence-electron chi connectivity index (χ1n) is 5.85. The molecule has 0 unspecified atom stereocenters. The summed E-state index contributed by atoms with van der Waals surface area (Å²) in [4.78, 5) is 4.71. The van der Waals surface area contributed by atoms with E-state index in [1.54, 1.807) is 0 Å². The molecule has 2 aromatic carbocycles. The molecule has 0 radical (unpaired) electrons. The highest BCUT2D eigenvalue weighted by Crippen LogP contribution is 2.19. The molecule has 1 heteroatoms. The molecule has 2 rings (SSSR count). The van der Waals surface area contributed by atoms with Crippen molar-refractivity contribution < 1.29 is 0 Å². The summed E-state index contributed by atoms with van der Waals surface area (Å²) in [6, 6.07) is 16.5. The van der Waals surface area contributed by atoms with E-state index >= 15 is 0 Å². The van der Waals surface area contributed by atoms with E-state index in [-0.39, 0.29) is 0 Å². The van der Waals surface area contributed by atoms with Crippen molar-refractivity contribution in [2.24, 2.45) is 4.99 Å². The van der Waals surface area contributed by atoms with Crippen LogP contribution in [-0.2, 0) is 0 Å². The fourth-order valence-corrected chi connectivity index (χ4v) is 1.91. The summed E-state index contributed by atoms with van der Waals surface area (Å²) in [6.07, 6.45) is 0. The van der Waals surface area contributed by atoms with Crippen LogP contribution in [-0.4, -0.2) is 5.71 Å². The second kappa shape index (κ2) is 4.96. The Kier molecular flexibility index (Phi) is 3.38. The predicted octanol–water partition coefficient (Wildman–Crippen LogP) is 4.44. The van der Waals surface area contributed by atoms with E-state index in [1.165, 1.54) is 16.7 Å². The van der Waals surface area contributed by atoms with Crippen molar-refractivity contribution in [2.45, 2.75) is 20.8 Å². The van der Waals surface area contributed by atoms with Crippen molar-refractivity contribution >= 4 is 11.4 Å². The van der Waals surface area contributed by atoms with Gasteiger partial charge in [-0.15, -0.1) is 0 Å². The van der Waals surface area contributed by atoms with Crippen molar-refractivity contribution in [3.8, 4) is 0 Å². The molecule has 17 heavy (non-hydrogen) atoms. The highest BCUT2D eigenvalue weighted by atomic mass is 14.7. The van der Waals surface area contributed by atoms with Crippen LogP contribution in [0.1, 0.15) is 23.6 Å². The van der Waals surface area contributed by atoms with Crippen LogP contribution in [0.25, 0.3) is 0 Å². The quantitative estimate of drug-likeness (QED) is 0.667. The van der Waals surface area contributed by atoms with Gasteiger partial charge in [-0.2, -0.15) is 0 Å². The van der Waals surface area contributed by atoms with Gasteiger partial charge < -0.3 is 0 Å². The van der Waals surface area contributed by atoms with Gasteiger partial charge in [0, 0.05) is 5.71 Å². The Bertz CT molecular complexity index is 553. The fourth-order valence-electron chi connectivity index (χ4n) is 1.91. The first kappa shape index (κ1) is 11.6. The number of hydrogen-bond donors (Lipinski definition) is 0. The zero-order valence-electron chi connectivity index (χ0n) is 10.6. The van der Waals surface area contributed by atoms with Crippen LogP contribution in [0.2, 0.25) is 0 Å². The van der Waals surface area contributed by atoms with Gasteiger partial charge in [0.15, 0.2) is 0 Å². The molecule has 0 amide bonds. The molecule has 0 spiro atoms. The molecule has 2 aromatic rings. The first-order valence-corrected chi connectivity index (χ1v) is 5.85. The molecule has 86 valence electrons. The summed E-state index contributed by atoms with van der Waals surface area (Å²) in [5.74, 6) is 0. The molecule has 0 saturated carbocycles. The number of rotatable bonds is 2. The van der Waals surface area contributed by atoms with E-state index in [0.29, 0.717) is 0 Å². The van der Waals surface area contributed by atoms with Crippen LogP contribution in [0, 0.1) is 13.8 Å². The van der Waals surface area contributed by atoms with Gasteiger partial charge in [0.25, 0.3) is 0 Å². The van der Waals surface area contributed by atoms with E-state index in [9.17, 15) is 0 Å². The molecule has 0 atom stereocenters. The summed E-state index contributed by atoms with van der Waals surface area (Å²) in [5.41, 5.74) is 5.81. The monoisotopic (exact) mass is 223 g/mol. The third-order valence-corrected chi connectivity index (χ3v) is 2.94. The highest BCUT2D eigenvalue weighted by Gasteiger charge is 2.01. The van der Waals surface area contributed by atoms with Crippen molar-refractivity contribution in [3.05, 3.63) is 65.2 Å². The average molecular weight is 223 g/mol. The molecule has 0 aliphatic carbocycles. The summed E-state index contributed by atoms with van der Waals surface area (Å²) in [5, 5.41) is 0. The molecule has 1 nitrogen and oxygen atoms in total. The van der Waals surface area contributed by atoms with Gasteiger partial charge >= 0.3 is 0 Å². The van der Waals surface area contributed by atoms with Crippen LogP contribution in [0.15, 0.2) is 53.5 Å². The number of hydrogen-bond acceptors (Lipinski definition) is 1. The van der Waals surface area contributed by atoms with Gasteiger partial charge in [-0.3, -0.25) is 4.99 Å². The molecule has 0 heterocycles. The Morgan fingerprint density at radius 2 is 1.41 bits per heavy atom. The first-order chi connectivity index (χ1) is 8.18. The van der Waals surface area contributed by atoms with E-state index in [1.807, 2.05) is 12.1 Å². The van der Waals surface area contributed by atoms with Crippen molar-refractivity contribution in [1.29, 1.82) is 0 Å². The van der Waals surface area contributed by atoms with Crippen molar-refractivity contribution in [2.75, 3.05) is 0 Å². The van der Waals surface area contributed by atoms with Crippen LogP contribution in [0.3, 0.4) is 0 Å². The number of benzene rings is 2. The van der Waals surface area contributed by atoms with E-state index in [2.05, 4.69) is 57.2 Å². The third-order valence-electron chi connectivity index (χ3n) is 2.94. The molecule has 0 N–H and O–H groups in total. The molecule has 0 bridgehead atoms. The summed E-state index contributed by atoms with van der Waals surface area (Å²) in [6.45, 7) is 6.27. The van der Waals surface area contributed by atoms with Crippen LogP contribution >= 0.6 is 0 Å². The average Bonchev–Trinajstić information content (AvgIpc) is 2.32. The molecule has 0 aromatic heterocycles. The normalized spacial score (nSPS) is 11.6. The molecule has 0 fully saturated rings. The summed E-state index contributed by atoms with van der Waals surface area (Å²) < 4.78 is 0. The lowest BCUT2D eigenvalue weighted by atomic mass is 10.1. The zero-order chi connectivity index (χ0) is 12.3. The topological polar surface area (TPSA) is 12.4 Å². The van der Waals surface area contributed by atoms with Crippen LogP contribution in [0.5, 0.6) is 0 Å². The lowest BCUT2D eigenvalue weighted by Gasteiger charge is -2.06. The molecule has 0 aliphatic rings. The second-order valence-corrected chi connectivity index (χ2v) is 4.30. The van der Waals surface area contributed by atoms with Gasteiger partial charge in [0.1, 0.15) is 0 Å². The van der Waals surface area contributed by atoms with Gasteiger partial charge in [0.05, 0.1) is 5.69 Å².